The molecule has 2 rings (SSSR count). The SMILES string of the molecule is COc1cc(F)ccc1NC(=O)c1ccc(Br)cc1O. The summed E-state index contributed by atoms with van der Waals surface area (Å²) in [5.41, 5.74) is 0.431. The number of hydrogen-bond acceptors (Lipinski definition) is 3. The number of aromatic hydroxyl groups is 1. The maximum atomic E-state index is 13.1. The Kier molecular flexibility index (Phi) is 4.24. The number of phenolic OH excluding ortho intramolecular Hbond substituents is 1. The summed E-state index contributed by atoms with van der Waals surface area (Å²) in [5, 5.41) is 12.3. The van der Waals surface area contributed by atoms with E-state index in [1.807, 2.05) is 0 Å². The number of ether oxygens (including phenoxy) is 1. The number of phenols is 1. The highest BCUT2D eigenvalue weighted by atomic mass is 79.9. The summed E-state index contributed by atoms with van der Waals surface area (Å²) in [6.07, 6.45) is 0. The summed E-state index contributed by atoms with van der Waals surface area (Å²) < 4.78 is 18.7. The molecular weight excluding hydrogens is 329 g/mol. The molecule has 0 heterocycles. The topological polar surface area (TPSA) is 58.6 Å². The van der Waals surface area contributed by atoms with Crippen molar-refractivity contribution in [1.29, 1.82) is 0 Å². The Bertz CT molecular complexity index is 661. The van der Waals surface area contributed by atoms with Gasteiger partial charge in [0, 0.05) is 10.5 Å². The van der Waals surface area contributed by atoms with Crippen LogP contribution in [-0.4, -0.2) is 18.1 Å². The number of nitrogens with one attached hydrogen (secondary N) is 1. The van der Waals surface area contributed by atoms with Crippen molar-refractivity contribution in [2.24, 2.45) is 0 Å². The minimum atomic E-state index is -0.514. The van der Waals surface area contributed by atoms with Gasteiger partial charge in [-0.2, -0.15) is 0 Å². The zero-order valence-corrected chi connectivity index (χ0v) is 12.1. The fourth-order valence-electron chi connectivity index (χ4n) is 1.65. The monoisotopic (exact) mass is 339 g/mol. The highest BCUT2D eigenvalue weighted by Gasteiger charge is 2.14. The van der Waals surface area contributed by atoms with Crippen LogP contribution in [0.2, 0.25) is 0 Å². The standard InChI is InChI=1S/C14H11BrFNO3/c1-20-13-7-9(16)3-5-11(13)17-14(19)10-4-2-8(15)6-12(10)18/h2-7,18H,1H3,(H,17,19). The molecular formula is C14H11BrFNO3. The van der Waals surface area contributed by atoms with Gasteiger partial charge in [-0.15, -0.1) is 0 Å². The van der Waals surface area contributed by atoms with Crippen LogP contribution in [0.15, 0.2) is 40.9 Å². The average Bonchev–Trinajstić information content (AvgIpc) is 2.40. The summed E-state index contributed by atoms with van der Waals surface area (Å²) in [7, 11) is 1.38. The molecule has 0 saturated carbocycles. The van der Waals surface area contributed by atoms with E-state index in [1.165, 1.54) is 31.4 Å². The van der Waals surface area contributed by atoms with Gasteiger partial charge < -0.3 is 15.2 Å². The van der Waals surface area contributed by atoms with Crippen LogP contribution in [0.1, 0.15) is 10.4 Å². The predicted molar refractivity (Wildman–Crippen MR) is 76.7 cm³/mol. The fraction of sp³-hybridized carbons (Fsp3) is 0.0714. The summed E-state index contributed by atoms with van der Waals surface area (Å²) >= 11 is 3.19. The van der Waals surface area contributed by atoms with E-state index < -0.39 is 11.7 Å². The number of anilines is 1. The van der Waals surface area contributed by atoms with Crippen LogP contribution in [0, 0.1) is 5.82 Å². The first-order valence-corrected chi connectivity index (χ1v) is 6.44. The Hall–Kier alpha value is -2.08. The molecule has 0 aliphatic carbocycles. The van der Waals surface area contributed by atoms with Gasteiger partial charge in [-0.05, 0) is 30.3 Å². The number of carbonyl (C=O) groups excluding carboxylic acids is 1. The van der Waals surface area contributed by atoms with Crippen molar-refractivity contribution in [2.45, 2.75) is 0 Å². The lowest BCUT2D eigenvalue weighted by Gasteiger charge is -2.11. The lowest BCUT2D eigenvalue weighted by atomic mass is 10.2. The van der Waals surface area contributed by atoms with Crippen LogP contribution in [0.4, 0.5) is 10.1 Å². The van der Waals surface area contributed by atoms with E-state index in [-0.39, 0.29) is 17.1 Å². The smallest absolute Gasteiger partial charge is 0.259 e. The van der Waals surface area contributed by atoms with Crippen LogP contribution < -0.4 is 10.1 Å². The van der Waals surface area contributed by atoms with Gasteiger partial charge in [0.2, 0.25) is 0 Å². The quantitative estimate of drug-likeness (QED) is 0.898. The molecule has 1 amide bonds. The second-order valence-corrected chi connectivity index (χ2v) is 4.88. The van der Waals surface area contributed by atoms with E-state index in [0.29, 0.717) is 10.2 Å². The largest absolute Gasteiger partial charge is 0.507 e. The van der Waals surface area contributed by atoms with E-state index in [1.54, 1.807) is 6.07 Å². The Morgan fingerprint density at radius 3 is 2.70 bits per heavy atom. The van der Waals surface area contributed by atoms with Gasteiger partial charge in [-0.1, -0.05) is 15.9 Å². The molecule has 2 aromatic carbocycles. The maximum Gasteiger partial charge on any atom is 0.259 e. The molecule has 4 nitrogen and oxygen atoms in total. The molecule has 0 bridgehead atoms. The van der Waals surface area contributed by atoms with E-state index in [0.717, 1.165) is 6.07 Å². The van der Waals surface area contributed by atoms with Crippen LogP contribution in [0.25, 0.3) is 0 Å². The van der Waals surface area contributed by atoms with Gasteiger partial charge in [0.25, 0.3) is 5.91 Å². The molecule has 0 radical (unpaired) electrons. The molecule has 6 heteroatoms. The van der Waals surface area contributed by atoms with Gasteiger partial charge in [-0.3, -0.25) is 4.79 Å². The molecule has 0 saturated heterocycles. The summed E-state index contributed by atoms with van der Waals surface area (Å²) in [5.74, 6) is -0.931. The Morgan fingerprint density at radius 2 is 2.05 bits per heavy atom. The molecule has 0 unspecified atom stereocenters. The molecule has 0 spiro atoms. The van der Waals surface area contributed by atoms with Crippen molar-refractivity contribution in [3.8, 4) is 11.5 Å². The highest BCUT2D eigenvalue weighted by molar-refractivity contribution is 9.10. The second kappa shape index (κ2) is 5.92. The molecule has 2 aromatic rings. The van der Waals surface area contributed by atoms with Crippen LogP contribution in [0.5, 0.6) is 11.5 Å². The van der Waals surface area contributed by atoms with Gasteiger partial charge >= 0.3 is 0 Å². The van der Waals surface area contributed by atoms with Gasteiger partial charge in [0.1, 0.15) is 17.3 Å². The summed E-state index contributed by atoms with van der Waals surface area (Å²) in [4.78, 5) is 12.1. The van der Waals surface area contributed by atoms with Gasteiger partial charge in [0.15, 0.2) is 0 Å². The number of hydrogen-bond donors (Lipinski definition) is 2. The number of benzene rings is 2. The van der Waals surface area contributed by atoms with Crippen molar-refractivity contribution < 1.29 is 19.0 Å². The Balaban J connectivity index is 2.28. The van der Waals surface area contributed by atoms with E-state index in [4.69, 9.17) is 4.74 Å². The Morgan fingerprint density at radius 1 is 1.30 bits per heavy atom. The molecule has 104 valence electrons. The predicted octanol–water partition coefficient (Wildman–Crippen LogP) is 3.55. The molecule has 0 fully saturated rings. The number of amides is 1. The minimum absolute atomic E-state index is 0.111. The van der Waals surface area contributed by atoms with E-state index in [2.05, 4.69) is 21.2 Å². The second-order valence-electron chi connectivity index (χ2n) is 3.96. The maximum absolute atomic E-state index is 13.1. The molecule has 0 aromatic heterocycles. The van der Waals surface area contributed by atoms with E-state index in [9.17, 15) is 14.3 Å². The zero-order valence-electron chi connectivity index (χ0n) is 10.5. The minimum Gasteiger partial charge on any atom is -0.507 e. The molecule has 0 aliphatic heterocycles. The number of carbonyl (C=O) groups is 1. The molecule has 2 N–H and O–H groups in total. The average molecular weight is 340 g/mol. The van der Waals surface area contributed by atoms with Crippen LogP contribution >= 0.6 is 15.9 Å². The number of methoxy groups -OCH3 is 1. The molecule has 20 heavy (non-hydrogen) atoms. The van der Waals surface area contributed by atoms with E-state index >= 15 is 0 Å². The third-order valence-electron chi connectivity index (χ3n) is 2.62. The van der Waals surface area contributed by atoms with Crippen molar-refractivity contribution in [3.63, 3.8) is 0 Å². The van der Waals surface area contributed by atoms with Crippen molar-refractivity contribution in [2.75, 3.05) is 12.4 Å². The number of halogens is 2. The fourth-order valence-corrected chi connectivity index (χ4v) is 2.00. The van der Waals surface area contributed by atoms with Crippen LogP contribution in [-0.2, 0) is 0 Å². The van der Waals surface area contributed by atoms with Crippen molar-refractivity contribution in [3.05, 3.63) is 52.3 Å². The molecule has 0 atom stereocenters. The first-order chi connectivity index (χ1) is 9.51. The van der Waals surface area contributed by atoms with Gasteiger partial charge in [0.05, 0.1) is 18.4 Å². The van der Waals surface area contributed by atoms with Crippen molar-refractivity contribution >= 4 is 27.5 Å². The first-order valence-electron chi connectivity index (χ1n) is 5.64. The molecule has 0 aliphatic rings. The third kappa shape index (κ3) is 3.08. The normalized spacial score (nSPS) is 10.2. The van der Waals surface area contributed by atoms with Crippen LogP contribution in [0.3, 0.4) is 0 Å². The van der Waals surface area contributed by atoms with Crippen molar-refractivity contribution in [1.82, 2.24) is 0 Å². The third-order valence-corrected chi connectivity index (χ3v) is 3.11. The lowest BCUT2D eigenvalue weighted by molar-refractivity contribution is 0.102. The first kappa shape index (κ1) is 14.3. The summed E-state index contributed by atoms with van der Waals surface area (Å²) in [6.45, 7) is 0. The highest BCUT2D eigenvalue weighted by Crippen LogP contribution is 2.27. The van der Waals surface area contributed by atoms with Gasteiger partial charge in [-0.25, -0.2) is 4.39 Å². The lowest BCUT2D eigenvalue weighted by Crippen LogP contribution is -2.13. The Labute approximate surface area is 123 Å². The summed E-state index contributed by atoms with van der Waals surface area (Å²) in [6, 6.07) is 8.29. The zero-order chi connectivity index (χ0) is 14.7. The number of rotatable bonds is 3.